The number of ether oxygens (including phenoxy) is 2. The Balaban J connectivity index is 1.55. The molecular formula is C24H27NO4. The molecule has 0 N–H and O–H groups in total. The van der Waals surface area contributed by atoms with Gasteiger partial charge in [-0.05, 0) is 62.7 Å². The molecule has 0 saturated carbocycles. The Morgan fingerprint density at radius 3 is 2.52 bits per heavy atom. The van der Waals surface area contributed by atoms with Gasteiger partial charge in [-0.25, -0.2) is 0 Å². The molecule has 0 amide bonds. The van der Waals surface area contributed by atoms with E-state index in [-0.39, 0.29) is 5.43 Å². The van der Waals surface area contributed by atoms with E-state index in [0.29, 0.717) is 23.1 Å². The van der Waals surface area contributed by atoms with E-state index in [0.717, 1.165) is 42.3 Å². The van der Waals surface area contributed by atoms with Crippen LogP contribution >= 0.6 is 0 Å². The lowest BCUT2D eigenvalue weighted by molar-refractivity contribution is 0.183. The smallest absolute Gasteiger partial charge is 0.200 e. The van der Waals surface area contributed by atoms with Crippen molar-refractivity contribution < 1.29 is 13.9 Å². The van der Waals surface area contributed by atoms with E-state index in [1.807, 2.05) is 37.3 Å². The van der Waals surface area contributed by atoms with Gasteiger partial charge in [0.1, 0.15) is 30.0 Å². The van der Waals surface area contributed by atoms with Crippen LogP contribution in [0.3, 0.4) is 0 Å². The van der Waals surface area contributed by atoms with Gasteiger partial charge in [0.25, 0.3) is 0 Å². The highest BCUT2D eigenvalue weighted by Gasteiger charge is 2.15. The molecule has 1 aliphatic rings. The SMILES string of the molecule is COc1ccc(-c2coc3c(C)c(OCCN4CCCCC4)ccc3c2=O)cc1. The van der Waals surface area contributed by atoms with Gasteiger partial charge in [-0.3, -0.25) is 9.69 Å². The molecule has 3 aromatic rings. The fraction of sp³-hybridized carbons (Fsp3) is 0.375. The number of aryl methyl sites for hydroxylation is 1. The Kier molecular flexibility index (Phi) is 5.86. The lowest BCUT2D eigenvalue weighted by Crippen LogP contribution is -2.33. The zero-order chi connectivity index (χ0) is 20.2. The summed E-state index contributed by atoms with van der Waals surface area (Å²) in [7, 11) is 1.62. The van der Waals surface area contributed by atoms with Gasteiger partial charge in [0.15, 0.2) is 0 Å². The monoisotopic (exact) mass is 393 g/mol. The second-order valence-electron chi connectivity index (χ2n) is 7.52. The molecule has 1 saturated heterocycles. The molecule has 1 aromatic heterocycles. The summed E-state index contributed by atoms with van der Waals surface area (Å²) in [6, 6.07) is 11.1. The van der Waals surface area contributed by atoms with Crippen LogP contribution in [0.25, 0.3) is 22.1 Å². The average Bonchev–Trinajstić information content (AvgIpc) is 2.77. The lowest BCUT2D eigenvalue weighted by atomic mass is 10.0. The van der Waals surface area contributed by atoms with Crippen molar-refractivity contribution in [2.45, 2.75) is 26.2 Å². The summed E-state index contributed by atoms with van der Waals surface area (Å²) >= 11 is 0. The predicted molar refractivity (Wildman–Crippen MR) is 115 cm³/mol. The number of rotatable bonds is 6. The highest BCUT2D eigenvalue weighted by atomic mass is 16.5. The number of benzene rings is 2. The number of methoxy groups -OCH3 is 1. The molecule has 0 bridgehead atoms. The minimum absolute atomic E-state index is 0.0422. The summed E-state index contributed by atoms with van der Waals surface area (Å²) in [6.07, 6.45) is 5.42. The van der Waals surface area contributed by atoms with Crippen molar-refractivity contribution >= 4 is 11.0 Å². The summed E-state index contributed by atoms with van der Waals surface area (Å²) in [5.74, 6) is 1.52. The van der Waals surface area contributed by atoms with Crippen molar-refractivity contribution in [3.05, 3.63) is 58.4 Å². The van der Waals surface area contributed by atoms with Gasteiger partial charge in [0, 0.05) is 12.1 Å². The van der Waals surface area contributed by atoms with Crippen molar-refractivity contribution in [2.75, 3.05) is 33.4 Å². The van der Waals surface area contributed by atoms with Crippen molar-refractivity contribution in [3.8, 4) is 22.6 Å². The maximum absolute atomic E-state index is 13.0. The molecule has 5 heteroatoms. The van der Waals surface area contributed by atoms with Gasteiger partial charge >= 0.3 is 0 Å². The first-order valence-corrected chi connectivity index (χ1v) is 10.2. The third-order valence-electron chi connectivity index (χ3n) is 5.65. The molecule has 4 rings (SSSR count). The number of likely N-dealkylation sites (tertiary alicyclic amines) is 1. The fourth-order valence-corrected chi connectivity index (χ4v) is 3.91. The van der Waals surface area contributed by atoms with Crippen LogP contribution in [-0.2, 0) is 0 Å². The molecule has 29 heavy (non-hydrogen) atoms. The van der Waals surface area contributed by atoms with E-state index in [9.17, 15) is 4.79 Å². The third-order valence-corrected chi connectivity index (χ3v) is 5.65. The van der Waals surface area contributed by atoms with Crippen molar-refractivity contribution in [1.29, 1.82) is 0 Å². The molecule has 2 aromatic carbocycles. The van der Waals surface area contributed by atoms with E-state index in [1.165, 1.54) is 25.5 Å². The average molecular weight is 393 g/mol. The summed E-state index contributed by atoms with van der Waals surface area (Å²) in [4.78, 5) is 15.5. The van der Waals surface area contributed by atoms with Crippen molar-refractivity contribution in [1.82, 2.24) is 4.90 Å². The molecule has 2 heterocycles. The summed E-state index contributed by atoms with van der Waals surface area (Å²) in [5.41, 5.74) is 2.75. The molecule has 5 nitrogen and oxygen atoms in total. The third kappa shape index (κ3) is 4.15. The van der Waals surface area contributed by atoms with E-state index in [2.05, 4.69) is 4.90 Å². The highest BCUT2D eigenvalue weighted by molar-refractivity contribution is 5.85. The van der Waals surface area contributed by atoms with Gasteiger partial charge in [-0.1, -0.05) is 18.6 Å². The highest BCUT2D eigenvalue weighted by Crippen LogP contribution is 2.28. The Morgan fingerprint density at radius 2 is 1.79 bits per heavy atom. The maximum Gasteiger partial charge on any atom is 0.200 e. The standard InChI is InChI=1S/C24H27NO4/c1-17-22(28-15-14-25-12-4-3-5-13-25)11-10-20-23(26)21(16-29-24(17)20)18-6-8-19(27-2)9-7-18/h6-11,16H,3-5,12-15H2,1-2H3. The van der Waals surface area contributed by atoms with Crippen molar-refractivity contribution in [3.63, 3.8) is 0 Å². The fourth-order valence-electron chi connectivity index (χ4n) is 3.91. The molecule has 152 valence electrons. The quantitative estimate of drug-likeness (QED) is 0.611. The van der Waals surface area contributed by atoms with Gasteiger partial charge in [-0.2, -0.15) is 0 Å². The van der Waals surface area contributed by atoms with E-state index in [4.69, 9.17) is 13.9 Å². The van der Waals surface area contributed by atoms with Gasteiger partial charge in [0.2, 0.25) is 5.43 Å². The molecule has 0 aliphatic carbocycles. The van der Waals surface area contributed by atoms with Gasteiger partial charge in [0.05, 0.1) is 18.1 Å². The maximum atomic E-state index is 13.0. The van der Waals surface area contributed by atoms with E-state index in [1.54, 1.807) is 13.2 Å². The molecule has 0 radical (unpaired) electrons. The van der Waals surface area contributed by atoms with Gasteiger partial charge < -0.3 is 13.9 Å². The number of piperidine rings is 1. The normalized spacial score (nSPS) is 14.8. The van der Waals surface area contributed by atoms with Crippen LogP contribution in [0.2, 0.25) is 0 Å². The largest absolute Gasteiger partial charge is 0.497 e. The second kappa shape index (κ2) is 8.70. The summed E-state index contributed by atoms with van der Waals surface area (Å²) in [5, 5.41) is 0.569. The van der Waals surface area contributed by atoms with Crippen LogP contribution in [-0.4, -0.2) is 38.3 Å². The number of hydrogen-bond acceptors (Lipinski definition) is 5. The van der Waals surface area contributed by atoms with E-state index >= 15 is 0 Å². The van der Waals surface area contributed by atoms with Crippen LogP contribution < -0.4 is 14.9 Å². The lowest BCUT2D eigenvalue weighted by Gasteiger charge is -2.26. The molecular weight excluding hydrogens is 366 g/mol. The van der Waals surface area contributed by atoms with Crippen LogP contribution in [0.1, 0.15) is 24.8 Å². The first kappa shape index (κ1) is 19.5. The molecule has 0 spiro atoms. The van der Waals surface area contributed by atoms with Crippen LogP contribution in [0.15, 0.2) is 51.9 Å². The van der Waals surface area contributed by atoms with Crippen molar-refractivity contribution in [2.24, 2.45) is 0 Å². The minimum Gasteiger partial charge on any atom is -0.497 e. The predicted octanol–water partition coefficient (Wildman–Crippen LogP) is 4.64. The van der Waals surface area contributed by atoms with Crippen LogP contribution in [0, 0.1) is 6.92 Å². The van der Waals surface area contributed by atoms with Crippen LogP contribution in [0.4, 0.5) is 0 Å². The zero-order valence-corrected chi connectivity index (χ0v) is 17.1. The summed E-state index contributed by atoms with van der Waals surface area (Å²) < 4.78 is 17.1. The first-order valence-electron chi connectivity index (χ1n) is 10.2. The van der Waals surface area contributed by atoms with E-state index < -0.39 is 0 Å². The number of nitrogens with zero attached hydrogens (tertiary/aromatic N) is 1. The number of fused-ring (bicyclic) bond motifs is 1. The van der Waals surface area contributed by atoms with Gasteiger partial charge in [-0.15, -0.1) is 0 Å². The van der Waals surface area contributed by atoms with Crippen LogP contribution in [0.5, 0.6) is 11.5 Å². The molecule has 1 fully saturated rings. The molecule has 1 aliphatic heterocycles. The minimum atomic E-state index is -0.0422. The first-order chi connectivity index (χ1) is 14.2. The Bertz CT molecular complexity index is 1030. The molecule has 0 atom stereocenters. The summed E-state index contributed by atoms with van der Waals surface area (Å²) in [6.45, 7) is 5.82. The zero-order valence-electron chi connectivity index (χ0n) is 17.1. The Labute approximate surface area is 170 Å². The topological polar surface area (TPSA) is 51.9 Å². The Morgan fingerprint density at radius 1 is 1.03 bits per heavy atom. The molecule has 0 unspecified atom stereocenters. The second-order valence-corrected chi connectivity index (χ2v) is 7.52. The Hall–Kier alpha value is -2.79. The number of hydrogen-bond donors (Lipinski definition) is 0.